The zero-order valence-corrected chi connectivity index (χ0v) is 10.7. The second-order valence-corrected chi connectivity index (χ2v) is 4.49. The van der Waals surface area contributed by atoms with Gasteiger partial charge in [-0.3, -0.25) is 4.79 Å². The van der Waals surface area contributed by atoms with E-state index in [2.05, 4.69) is 10.3 Å². The molecule has 0 fully saturated rings. The zero-order chi connectivity index (χ0) is 13.1. The highest BCUT2D eigenvalue weighted by molar-refractivity contribution is 5.90. The van der Waals surface area contributed by atoms with E-state index < -0.39 is 11.9 Å². The number of carboxylic acid groups (broad SMARTS) is 1. The summed E-state index contributed by atoms with van der Waals surface area (Å²) < 4.78 is 0. The van der Waals surface area contributed by atoms with Crippen molar-refractivity contribution in [3.63, 3.8) is 0 Å². The lowest BCUT2D eigenvalue weighted by atomic mass is 9.93. The van der Waals surface area contributed by atoms with Gasteiger partial charge in [-0.1, -0.05) is 18.2 Å². The van der Waals surface area contributed by atoms with Crippen LogP contribution in [0.3, 0.4) is 0 Å². The molecule has 1 aromatic carbocycles. The quantitative estimate of drug-likeness (QED) is 0.758. The minimum absolute atomic E-state index is 0.464. The van der Waals surface area contributed by atoms with Crippen LogP contribution in [-0.4, -0.2) is 29.7 Å². The molecular formula is C14H18N2O2. The minimum Gasteiger partial charge on any atom is -0.481 e. The van der Waals surface area contributed by atoms with E-state index in [9.17, 15) is 9.90 Å². The first kappa shape index (κ1) is 12.6. The Kier molecular flexibility index (Phi) is 3.67. The average Bonchev–Trinajstić information content (AvgIpc) is 2.66. The van der Waals surface area contributed by atoms with Gasteiger partial charge in [0, 0.05) is 16.6 Å². The molecule has 4 nitrogen and oxygen atoms in total. The Bertz CT molecular complexity index is 560. The number of aliphatic carboxylic acids is 1. The summed E-state index contributed by atoms with van der Waals surface area (Å²) in [5.41, 5.74) is 2.86. The van der Waals surface area contributed by atoms with E-state index in [0.29, 0.717) is 13.0 Å². The lowest BCUT2D eigenvalue weighted by Crippen LogP contribution is -2.18. The second kappa shape index (κ2) is 5.23. The number of fused-ring (bicyclic) bond motifs is 1. The predicted octanol–water partition coefficient (Wildman–Crippen LogP) is 2.25. The molecule has 3 N–H and O–H groups in total. The van der Waals surface area contributed by atoms with Crippen LogP contribution in [0.15, 0.2) is 24.3 Å². The fourth-order valence-corrected chi connectivity index (χ4v) is 2.43. The molecule has 2 aromatic rings. The third-order valence-corrected chi connectivity index (χ3v) is 3.27. The van der Waals surface area contributed by atoms with Gasteiger partial charge in [-0.05, 0) is 38.6 Å². The molecule has 0 aliphatic carbocycles. The Balaban J connectivity index is 2.49. The number of rotatable bonds is 5. The summed E-state index contributed by atoms with van der Waals surface area (Å²) in [6, 6.07) is 7.84. The van der Waals surface area contributed by atoms with E-state index in [1.54, 1.807) is 0 Å². The topological polar surface area (TPSA) is 65.1 Å². The Labute approximate surface area is 106 Å². The fraction of sp³-hybridized carbons (Fsp3) is 0.357. The summed E-state index contributed by atoms with van der Waals surface area (Å²) in [6.45, 7) is 2.63. The van der Waals surface area contributed by atoms with Crippen LogP contribution < -0.4 is 5.32 Å². The summed E-state index contributed by atoms with van der Waals surface area (Å²) in [7, 11) is 1.83. The normalized spacial score (nSPS) is 12.8. The highest BCUT2D eigenvalue weighted by Crippen LogP contribution is 2.31. The Morgan fingerprint density at radius 3 is 2.83 bits per heavy atom. The lowest BCUT2D eigenvalue weighted by molar-refractivity contribution is -0.138. The molecule has 0 saturated heterocycles. The number of aromatic nitrogens is 1. The zero-order valence-electron chi connectivity index (χ0n) is 10.7. The summed E-state index contributed by atoms with van der Waals surface area (Å²) in [6.07, 6.45) is 0.592. The first-order chi connectivity index (χ1) is 8.65. The van der Waals surface area contributed by atoms with Crippen LogP contribution in [0.5, 0.6) is 0 Å². The van der Waals surface area contributed by atoms with Crippen LogP contribution in [0, 0.1) is 6.92 Å². The molecule has 0 saturated carbocycles. The van der Waals surface area contributed by atoms with Crippen LogP contribution in [0.2, 0.25) is 0 Å². The molecule has 1 aromatic heterocycles. The van der Waals surface area contributed by atoms with Gasteiger partial charge in [0.1, 0.15) is 0 Å². The van der Waals surface area contributed by atoms with Gasteiger partial charge in [-0.15, -0.1) is 0 Å². The lowest BCUT2D eigenvalue weighted by Gasteiger charge is -2.12. The highest BCUT2D eigenvalue weighted by Gasteiger charge is 2.24. The van der Waals surface area contributed by atoms with Gasteiger partial charge in [0.15, 0.2) is 0 Å². The van der Waals surface area contributed by atoms with E-state index in [0.717, 1.165) is 22.2 Å². The van der Waals surface area contributed by atoms with Crippen LogP contribution >= 0.6 is 0 Å². The molecule has 0 aliphatic heterocycles. The highest BCUT2D eigenvalue weighted by atomic mass is 16.4. The van der Waals surface area contributed by atoms with Gasteiger partial charge in [0.25, 0.3) is 0 Å². The van der Waals surface area contributed by atoms with Crippen molar-refractivity contribution in [2.24, 2.45) is 0 Å². The van der Waals surface area contributed by atoms with Crippen molar-refractivity contribution >= 4 is 16.9 Å². The molecule has 96 valence electrons. The molecule has 0 bridgehead atoms. The smallest absolute Gasteiger partial charge is 0.311 e. The number of carbonyl (C=O) groups is 1. The van der Waals surface area contributed by atoms with Gasteiger partial charge in [0.05, 0.1) is 5.92 Å². The molecule has 0 amide bonds. The Hall–Kier alpha value is -1.81. The number of nitrogens with one attached hydrogen (secondary N) is 2. The van der Waals surface area contributed by atoms with Gasteiger partial charge in [0.2, 0.25) is 0 Å². The number of carboxylic acids is 1. The van der Waals surface area contributed by atoms with Crippen molar-refractivity contribution in [3.05, 3.63) is 35.5 Å². The summed E-state index contributed by atoms with van der Waals surface area (Å²) in [5.74, 6) is -1.23. The number of hydrogen-bond acceptors (Lipinski definition) is 2. The largest absolute Gasteiger partial charge is 0.481 e. The molecule has 0 aliphatic rings. The average molecular weight is 246 g/mol. The van der Waals surface area contributed by atoms with Crippen molar-refractivity contribution in [1.29, 1.82) is 0 Å². The van der Waals surface area contributed by atoms with E-state index in [4.69, 9.17) is 0 Å². The maximum absolute atomic E-state index is 11.5. The van der Waals surface area contributed by atoms with E-state index in [-0.39, 0.29) is 0 Å². The number of H-pyrrole nitrogens is 1. The fourth-order valence-electron chi connectivity index (χ4n) is 2.43. The molecule has 0 radical (unpaired) electrons. The van der Waals surface area contributed by atoms with Crippen molar-refractivity contribution in [2.75, 3.05) is 13.6 Å². The molecule has 1 heterocycles. The minimum atomic E-state index is -0.766. The van der Waals surface area contributed by atoms with Crippen molar-refractivity contribution < 1.29 is 9.90 Å². The molecule has 2 rings (SSSR count). The first-order valence-corrected chi connectivity index (χ1v) is 6.09. The number of benzene rings is 1. The monoisotopic (exact) mass is 246 g/mol. The third-order valence-electron chi connectivity index (χ3n) is 3.27. The van der Waals surface area contributed by atoms with Crippen molar-refractivity contribution in [1.82, 2.24) is 10.3 Å². The van der Waals surface area contributed by atoms with E-state index in [1.165, 1.54) is 0 Å². The molecule has 0 spiro atoms. The number of aromatic amines is 1. The van der Waals surface area contributed by atoms with E-state index >= 15 is 0 Å². The van der Waals surface area contributed by atoms with Crippen molar-refractivity contribution in [3.8, 4) is 0 Å². The van der Waals surface area contributed by atoms with Gasteiger partial charge in [-0.25, -0.2) is 0 Å². The van der Waals surface area contributed by atoms with Gasteiger partial charge < -0.3 is 15.4 Å². The van der Waals surface area contributed by atoms with Crippen LogP contribution in [0.25, 0.3) is 10.9 Å². The maximum Gasteiger partial charge on any atom is 0.311 e. The third kappa shape index (κ3) is 2.24. The summed E-state index contributed by atoms with van der Waals surface area (Å²) >= 11 is 0. The molecule has 4 heteroatoms. The van der Waals surface area contributed by atoms with Crippen LogP contribution in [0.4, 0.5) is 0 Å². The molecule has 1 unspecified atom stereocenters. The molecular weight excluding hydrogens is 228 g/mol. The predicted molar refractivity (Wildman–Crippen MR) is 72.0 cm³/mol. The molecule has 1 atom stereocenters. The summed E-state index contributed by atoms with van der Waals surface area (Å²) in [4.78, 5) is 14.7. The van der Waals surface area contributed by atoms with Gasteiger partial charge >= 0.3 is 5.97 Å². The van der Waals surface area contributed by atoms with Crippen LogP contribution in [0.1, 0.15) is 23.6 Å². The Morgan fingerprint density at radius 1 is 1.44 bits per heavy atom. The first-order valence-electron chi connectivity index (χ1n) is 6.09. The standard InChI is InChI=1S/C14H18N2O2/c1-9-13(11(14(17)18)7-8-15-2)10-5-3-4-6-12(10)16-9/h3-6,11,15-16H,7-8H2,1-2H3,(H,17,18). The van der Waals surface area contributed by atoms with Crippen molar-refractivity contribution in [2.45, 2.75) is 19.3 Å². The Morgan fingerprint density at radius 2 is 2.17 bits per heavy atom. The number of aryl methyl sites for hydroxylation is 1. The number of para-hydroxylation sites is 1. The second-order valence-electron chi connectivity index (χ2n) is 4.49. The molecule has 18 heavy (non-hydrogen) atoms. The van der Waals surface area contributed by atoms with E-state index in [1.807, 2.05) is 38.2 Å². The van der Waals surface area contributed by atoms with Crippen LogP contribution in [-0.2, 0) is 4.79 Å². The SMILES string of the molecule is CNCCC(C(=O)O)c1c(C)[nH]c2ccccc12. The maximum atomic E-state index is 11.5. The number of hydrogen-bond donors (Lipinski definition) is 3. The van der Waals surface area contributed by atoms with Gasteiger partial charge in [-0.2, -0.15) is 0 Å². The summed E-state index contributed by atoms with van der Waals surface area (Å²) in [5, 5.41) is 13.4.